The van der Waals surface area contributed by atoms with Crippen molar-refractivity contribution in [2.75, 3.05) is 27.0 Å². The maximum absolute atomic E-state index is 13.4. The van der Waals surface area contributed by atoms with Crippen LogP contribution < -0.4 is 15.5 Å². The number of halogens is 1. The van der Waals surface area contributed by atoms with Gasteiger partial charge in [-0.15, -0.1) is 0 Å². The third kappa shape index (κ3) is 3.43. The molecule has 0 radical (unpaired) electrons. The SMILES string of the molecule is COc1cccc2c(=O)c(C(=O)NC34CC5CC(CC3C5)C4)cn(CCOCCF)c12. The molecular formula is C24H29FN2O4. The molecule has 1 aromatic heterocycles. The van der Waals surface area contributed by atoms with Gasteiger partial charge in [0.05, 0.1) is 31.2 Å². The number of aromatic nitrogens is 1. The van der Waals surface area contributed by atoms with Crippen molar-refractivity contribution in [3.63, 3.8) is 0 Å². The molecule has 0 aliphatic heterocycles. The first-order valence-corrected chi connectivity index (χ1v) is 11.2. The molecule has 0 spiro atoms. The number of pyridine rings is 1. The standard InChI is InChI=1S/C24H29FN2O4/c1-30-20-4-2-3-18-21(20)27(6-8-31-7-5-25)14-19(22(18)28)23(29)26-24-12-15-9-16(13-24)11-17(24)10-15/h2-4,14-17H,5-13H2,1H3,(H,26,29). The molecule has 4 aliphatic rings. The highest BCUT2D eigenvalue weighted by Gasteiger charge is 2.58. The number of methoxy groups -OCH3 is 1. The van der Waals surface area contributed by atoms with Crippen LogP contribution in [0.5, 0.6) is 5.75 Å². The smallest absolute Gasteiger partial charge is 0.257 e. The minimum absolute atomic E-state index is 0.0227. The summed E-state index contributed by atoms with van der Waals surface area (Å²) < 4.78 is 25.0. The number of rotatable bonds is 8. The van der Waals surface area contributed by atoms with Crippen LogP contribution in [-0.4, -0.2) is 43.0 Å². The average Bonchev–Trinajstić information content (AvgIpc) is 3.14. The summed E-state index contributed by atoms with van der Waals surface area (Å²) in [4.78, 5) is 26.7. The molecule has 4 saturated carbocycles. The third-order valence-corrected chi connectivity index (χ3v) is 7.58. The fourth-order valence-electron chi connectivity index (χ4n) is 6.54. The molecule has 1 aromatic carbocycles. The summed E-state index contributed by atoms with van der Waals surface area (Å²) >= 11 is 0. The molecule has 2 atom stereocenters. The summed E-state index contributed by atoms with van der Waals surface area (Å²) in [5.41, 5.74) is 0.331. The molecule has 2 aromatic rings. The number of hydrogen-bond donors (Lipinski definition) is 1. The van der Waals surface area contributed by atoms with Gasteiger partial charge in [-0.05, 0) is 62.0 Å². The van der Waals surface area contributed by atoms with Gasteiger partial charge in [0.25, 0.3) is 5.91 Å². The number of benzene rings is 1. The van der Waals surface area contributed by atoms with Gasteiger partial charge in [0.15, 0.2) is 0 Å². The van der Waals surface area contributed by atoms with E-state index in [2.05, 4.69) is 5.32 Å². The Hall–Kier alpha value is -2.41. The highest BCUT2D eigenvalue weighted by Crippen LogP contribution is 2.60. The van der Waals surface area contributed by atoms with E-state index < -0.39 is 6.67 Å². The second-order valence-corrected chi connectivity index (χ2v) is 9.38. The number of carbonyl (C=O) groups is 1. The predicted molar refractivity (Wildman–Crippen MR) is 115 cm³/mol. The lowest BCUT2D eigenvalue weighted by Gasteiger charge is -2.34. The highest BCUT2D eigenvalue weighted by atomic mass is 19.1. The van der Waals surface area contributed by atoms with Gasteiger partial charge < -0.3 is 19.4 Å². The second kappa shape index (κ2) is 7.93. The van der Waals surface area contributed by atoms with Gasteiger partial charge in [0.2, 0.25) is 5.43 Å². The number of carbonyl (C=O) groups excluding carboxylic acids is 1. The number of para-hydroxylation sites is 1. The van der Waals surface area contributed by atoms with Crippen LogP contribution in [0.3, 0.4) is 0 Å². The van der Waals surface area contributed by atoms with Gasteiger partial charge in [0, 0.05) is 18.3 Å². The molecule has 6 nitrogen and oxygen atoms in total. The molecule has 7 heteroatoms. The van der Waals surface area contributed by atoms with Crippen LogP contribution in [-0.2, 0) is 11.3 Å². The predicted octanol–water partition coefficient (Wildman–Crippen LogP) is 3.30. The molecule has 1 heterocycles. The minimum Gasteiger partial charge on any atom is -0.495 e. The van der Waals surface area contributed by atoms with Gasteiger partial charge in [-0.3, -0.25) is 9.59 Å². The summed E-state index contributed by atoms with van der Waals surface area (Å²) in [7, 11) is 1.55. The van der Waals surface area contributed by atoms with Gasteiger partial charge in [-0.1, -0.05) is 6.07 Å². The summed E-state index contributed by atoms with van der Waals surface area (Å²) in [6.07, 6.45) is 7.36. The van der Waals surface area contributed by atoms with Crippen LogP contribution in [0.4, 0.5) is 4.39 Å². The molecule has 1 N–H and O–H groups in total. The summed E-state index contributed by atoms with van der Waals surface area (Å²) in [5.74, 6) is 2.22. The van der Waals surface area contributed by atoms with Crippen molar-refractivity contribution in [2.45, 2.75) is 44.2 Å². The molecule has 166 valence electrons. The minimum atomic E-state index is -0.548. The van der Waals surface area contributed by atoms with E-state index in [1.807, 2.05) is 4.57 Å². The molecule has 4 fully saturated rings. The fourth-order valence-corrected chi connectivity index (χ4v) is 6.54. The van der Waals surface area contributed by atoms with Crippen molar-refractivity contribution in [1.29, 1.82) is 0 Å². The topological polar surface area (TPSA) is 69.6 Å². The maximum Gasteiger partial charge on any atom is 0.257 e. The number of hydrogen-bond acceptors (Lipinski definition) is 4. The van der Waals surface area contributed by atoms with Crippen LogP contribution >= 0.6 is 0 Å². The Morgan fingerprint density at radius 2 is 2.00 bits per heavy atom. The van der Waals surface area contributed by atoms with E-state index in [1.165, 1.54) is 19.3 Å². The summed E-state index contributed by atoms with van der Waals surface area (Å²) in [6.45, 7) is 0.133. The van der Waals surface area contributed by atoms with E-state index >= 15 is 0 Å². The third-order valence-electron chi connectivity index (χ3n) is 7.58. The van der Waals surface area contributed by atoms with Crippen molar-refractivity contribution >= 4 is 16.8 Å². The Labute approximate surface area is 180 Å². The van der Waals surface area contributed by atoms with Crippen LogP contribution in [0.15, 0.2) is 29.2 Å². The van der Waals surface area contributed by atoms with Crippen LogP contribution in [0.25, 0.3) is 10.9 Å². The van der Waals surface area contributed by atoms with Crippen molar-refractivity contribution in [3.05, 3.63) is 40.2 Å². The maximum atomic E-state index is 13.4. The van der Waals surface area contributed by atoms with Crippen molar-refractivity contribution in [3.8, 4) is 5.75 Å². The number of nitrogens with one attached hydrogen (secondary N) is 1. The first-order chi connectivity index (χ1) is 15.0. The fraction of sp³-hybridized carbons (Fsp3) is 0.583. The second-order valence-electron chi connectivity index (χ2n) is 9.38. The molecular weight excluding hydrogens is 399 g/mol. The molecule has 0 saturated heterocycles. The van der Waals surface area contributed by atoms with Gasteiger partial charge >= 0.3 is 0 Å². The van der Waals surface area contributed by atoms with Crippen LogP contribution in [0.1, 0.15) is 42.5 Å². The number of amides is 1. The van der Waals surface area contributed by atoms with Gasteiger partial charge in [-0.25, -0.2) is 4.39 Å². The van der Waals surface area contributed by atoms with E-state index in [0.29, 0.717) is 41.0 Å². The Kier molecular flexibility index (Phi) is 5.24. The Morgan fingerprint density at radius 1 is 1.23 bits per heavy atom. The zero-order chi connectivity index (χ0) is 21.6. The quantitative estimate of drug-likeness (QED) is 0.655. The Bertz CT molecular complexity index is 1050. The zero-order valence-electron chi connectivity index (χ0n) is 17.9. The lowest BCUT2D eigenvalue weighted by atomic mass is 9.80. The molecule has 2 unspecified atom stereocenters. The number of nitrogens with zero attached hydrogens (tertiary/aromatic N) is 1. The number of alkyl halides is 1. The first-order valence-electron chi connectivity index (χ1n) is 11.2. The largest absolute Gasteiger partial charge is 0.495 e. The molecule has 4 aliphatic carbocycles. The monoisotopic (exact) mass is 428 g/mol. The van der Waals surface area contributed by atoms with E-state index in [9.17, 15) is 14.0 Å². The van der Waals surface area contributed by atoms with Crippen molar-refractivity contribution in [2.24, 2.45) is 17.8 Å². The summed E-state index contributed by atoms with van der Waals surface area (Å²) in [6, 6.07) is 5.26. The highest BCUT2D eigenvalue weighted by molar-refractivity contribution is 5.98. The molecule has 4 bridgehead atoms. The Balaban J connectivity index is 1.50. The van der Waals surface area contributed by atoms with E-state index in [-0.39, 0.29) is 35.7 Å². The van der Waals surface area contributed by atoms with E-state index in [4.69, 9.17) is 9.47 Å². The van der Waals surface area contributed by atoms with E-state index in [1.54, 1.807) is 31.5 Å². The molecule has 1 amide bonds. The molecule has 6 rings (SSSR count). The van der Waals surface area contributed by atoms with Gasteiger partial charge in [0.1, 0.15) is 18.0 Å². The van der Waals surface area contributed by atoms with Crippen LogP contribution in [0, 0.1) is 17.8 Å². The Morgan fingerprint density at radius 3 is 2.71 bits per heavy atom. The van der Waals surface area contributed by atoms with Gasteiger partial charge in [-0.2, -0.15) is 0 Å². The summed E-state index contributed by atoms with van der Waals surface area (Å²) in [5, 5.41) is 3.74. The lowest BCUT2D eigenvalue weighted by molar-refractivity contribution is 0.0872. The number of fused-ring (bicyclic) bond motifs is 1. The number of ether oxygens (including phenoxy) is 2. The normalized spacial score (nSPS) is 28.4. The van der Waals surface area contributed by atoms with Crippen molar-refractivity contribution < 1.29 is 18.7 Å². The zero-order valence-corrected chi connectivity index (χ0v) is 17.9. The van der Waals surface area contributed by atoms with E-state index in [0.717, 1.165) is 12.8 Å². The first kappa shape index (κ1) is 20.5. The van der Waals surface area contributed by atoms with Crippen molar-refractivity contribution in [1.82, 2.24) is 9.88 Å². The molecule has 31 heavy (non-hydrogen) atoms. The van der Waals surface area contributed by atoms with Crippen LogP contribution in [0.2, 0.25) is 0 Å². The lowest BCUT2D eigenvalue weighted by Crippen LogP contribution is -2.50. The average molecular weight is 429 g/mol.